The van der Waals surface area contributed by atoms with Crippen molar-refractivity contribution < 1.29 is 81.5 Å². The topological polar surface area (TPSA) is 96.2 Å². The molecule has 0 bridgehead atoms. The first-order valence-corrected chi connectivity index (χ1v) is 4.45. The van der Waals surface area contributed by atoms with Crippen molar-refractivity contribution in [2.75, 3.05) is 26.4 Å². The number of phosphoric ester groups is 1. The summed E-state index contributed by atoms with van der Waals surface area (Å²) in [5, 5.41) is 16.4. The van der Waals surface area contributed by atoms with Crippen molar-refractivity contribution in [2.45, 2.75) is 0 Å². The molecule has 0 aromatic carbocycles. The van der Waals surface area contributed by atoms with Crippen molar-refractivity contribution in [1.82, 2.24) is 0 Å². The molecule has 0 aliphatic heterocycles. The van der Waals surface area contributed by atoms with Gasteiger partial charge in [-0.25, -0.2) is 4.57 Å². The van der Waals surface area contributed by atoms with Crippen LogP contribution in [-0.4, -0.2) is 41.5 Å². The van der Waals surface area contributed by atoms with Crippen molar-refractivity contribution in [1.29, 1.82) is 0 Å². The second-order valence-electron chi connectivity index (χ2n) is 1.58. The first-order valence-electron chi connectivity index (χ1n) is 2.96. The molecule has 0 radical (unpaired) electrons. The molecular formula is C4H12KO6P. The second-order valence-corrected chi connectivity index (χ2v) is 3.04. The molecule has 3 N–H and O–H groups in total. The fraction of sp³-hybridized carbons (Fsp3) is 1.00. The summed E-state index contributed by atoms with van der Waals surface area (Å²) < 4.78 is 19.0. The van der Waals surface area contributed by atoms with Gasteiger partial charge in [-0.2, -0.15) is 0 Å². The van der Waals surface area contributed by atoms with Gasteiger partial charge in [0, 0.05) is 0 Å². The molecule has 0 heterocycles. The quantitative estimate of drug-likeness (QED) is 0.318. The van der Waals surface area contributed by atoms with E-state index in [2.05, 4.69) is 9.05 Å². The molecule has 0 saturated heterocycles. The van der Waals surface area contributed by atoms with Gasteiger partial charge in [0.15, 0.2) is 0 Å². The molecule has 8 heteroatoms. The zero-order valence-electron chi connectivity index (χ0n) is 7.84. The van der Waals surface area contributed by atoms with Gasteiger partial charge in [-0.05, 0) is 0 Å². The largest absolute Gasteiger partial charge is 1.00 e. The van der Waals surface area contributed by atoms with Gasteiger partial charge in [0.25, 0.3) is 0 Å². The molecule has 0 unspecified atom stereocenters. The standard InChI is InChI=1S/C4H11O6P.K.H/c5-1-3-9-11(7,8)10-4-2-6;;/h5-6H,1-4H2,(H,7,8);;/q;+1;-1. The van der Waals surface area contributed by atoms with Crippen molar-refractivity contribution in [2.24, 2.45) is 0 Å². The van der Waals surface area contributed by atoms with E-state index in [0.717, 1.165) is 0 Å². The Hall–Kier alpha value is 1.67. The minimum absolute atomic E-state index is 0. The smallest absolute Gasteiger partial charge is 1.00 e. The van der Waals surface area contributed by atoms with Crippen LogP contribution in [0.25, 0.3) is 0 Å². The van der Waals surface area contributed by atoms with E-state index in [9.17, 15) is 4.57 Å². The zero-order valence-corrected chi connectivity index (χ0v) is 10.9. The monoisotopic (exact) mass is 226 g/mol. The molecular weight excluding hydrogens is 214 g/mol. The number of phosphoric acid groups is 1. The van der Waals surface area contributed by atoms with Crippen LogP contribution in [0.15, 0.2) is 0 Å². The van der Waals surface area contributed by atoms with Crippen LogP contribution in [0, 0.1) is 0 Å². The third kappa shape index (κ3) is 9.75. The van der Waals surface area contributed by atoms with Crippen LogP contribution < -0.4 is 51.4 Å². The van der Waals surface area contributed by atoms with Crippen molar-refractivity contribution >= 4 is 7.82 Å². The summed E-state index contributed by atoms with van der Waals surface area (Å²) in [6.45, 7) is -1.24. The molecule has 0 fully saturated rings. The summed E-state index contributed by atoms with van der Waals surface area (Å²) in [7, 11) is -4.05. The predicted octanol–water partition coefficient (Wildman–Crippen LogP) is -3.78. The van der Waals surface area contributed by atoms with Gasteiger partial charge in [-0.3, -0.25) is 9.05 Å². The van der Waals surface area contributed by atoms with E-state index in [1.165, 1.54) is 0 Å². The van der Waals surface area contributed by atoms with Gasteiger partial charge >= 0.3 is 59.2 Å². The van der Waals surface area contributed by atoms with E-state index < -0.39 is 7.82 Å². The van der Waals surface area contributed by atoms with E-state index >= 15 is 0 Å². The van der Waals surface area contributed by atoms with Gasteiger partial charge in [0.1, 0.15) is 0 Å². The Morgan fingerprint density at radius 2 is 1.50 bits per heavy atom. The fourth-order valence-electron chi connectivity index (χ4n) is 0.350. The Morgan fingerprint density at radius 1 is 1.17 bits per heavy atom. The number of aliphatic hydroxyl groups excluding tert-OH is 2. The van der Waals surface area contributed by atoms with Crippen molar-refractivity contribution in [3.8, 4) is 0 Å². The van der Waals surface area contributed by atoms with E-state index in [4.69, 9.17) is 15.1 Å². The molecule has 70 valence electrons. The predicted molar refractivity (Wildman–Crippen MR) is 37.0 cm³/mol. The van der Waals surface area contributed by atoms with Crippen LogP contribution in [-0.2, 0) is 13.6 Å². The number of hydrogen-bond acceptors (Lipinski definition) is 5. The van der Waals surface area contributed by atoms with Gasteiger partial charge in [0.05, 0.1) is 26.4 Å². The third-order valence-electron chi connectivity index (χ3n) is 0.691. The molecule has 12 heavy (non-hydrogen) atoms. The van der Waals surface area contributed by atoms with Gasteiger partial charge in [0.2, 0.25) is 0 Å². The molecule has 0 spiro atoms. The van der Waals surface area contributed by atoms with Crippen LogP contribution >= 0.6 is 7.82 Å². The molecule has 0 aromatic rings. The number of rotatable bonds is 6. The summed E-state index contributed by atoms with van der Waals surface area (Å²) in [4.78, 5) is 8.67. The molecule has 0 amide bonds. The maximum atomic E-state index is 10.6. The minimum atomic E-state index is -4.05. The van der Waals surface area contributed by atoms with Crippen LogP contribution in [0.3, 0.4) is 0 Å². The summed E-state index contributed by atoms with van der Waals surface area (Å²) in [5.74, 6) is 0. The Bertz CT molecular complexity index is 135. The van der Waals surface area contributed by atoms with Crippen LogP contribution in [0.1, 0.15) is 1.43 Å². The Labute approximate surface area is 114 Å². The van der Waals surface area contributed by atoms with Gasteiger partial charge in [-0.15, -0.1) is 0 Å². The normalized spacial score (nSPS) is 10.9. The molecule has 6 nitrogen and oxygen atoms in total. The minimum Gasteiger partial charge on any atom is -1.00 e. The van der Waals surface area contributed by atoms with Crippen LogP contribution in [0.4, 0.5) is 0 Å². The Balaban J connectivity index is -0.000000500. The Kier molecular flexibility index (Phi) is 12.4. The third-order valence-corrected chi connectivity index (χ3v) is 1.71. The maximum Gasteiger partial charge on any atom is 1.00 e. The Morgan fingerprint density at radius 3 is 1.75 bits per heavy atom. The van der Waals surface area contributed by atoms with Crippen molar-refractivity contribution in [3.05, 3.63) is 0 Å². The second kappa shape index (κ2) is 9.23. The molecule has 0 saturated carbocycles. The number of aliphatic hydroxyl groups is 2. The number of hydrogen-bond donors (Lipinski definition) is 3. The summed E-state index contributed by atoms with van der Waals surface area (Å²) >= 11 is 0. The molecule has 0 aliphatic rings. The van der Waals surface area contributed by atoms with Gasteiger partial charge < -0.3 is 16.5 Å². The first-order chi connectivity index (χ1) is 5.12. The van der Waals surface area contributed by atoms with E-state index in [1.807, 2.05) is 0 Å². The first kappa shape index (κ1) is 16.1. The molecule has 0 aromatic heterocycles. The van der Waals surface area contributed by atoms with Crippen molar-refractivity contribution in [3.63, 3.8) is 0 Å². The summed E-state index contributed by atoms with van der Waals surface area (Å²) in [6.07, 6.45) is 0. The zero-order chi connectivity index (χ0) is 8.74. The van der Waals surface area contributed by atoms with Crippen LogP contribution in [0.5, 0.6) is 0 Å². The van der Waals surface area contributed by atoms with E-state index in [1.54, 1.807) is 0 Å². The molecule has 0 rings (SSSR count). The average molecular weight is 226 g/mol. The summed E-state index contributed by atoms with van der Waals surface area (Å²) in [5.41, 5.74) is 0. The maximum absolute atomic E-state index is 10.6. The van der Waals surface area contributed by atoms with Gasteiger partial charge in [-0.1, -0.05) is 0 Å². The fourth-order valence-corrected chi connectivity index (χ4v) is 1.05. The van der Waals surface area contributed by atoms with Crippen LogP contribution in [0.2, 0.25) is 0 Å². The van der Waals surface area contributed by atoms with E-state index in [0.29, 0.717) is 0 Å². The summed E-state index contributed by atoms with van der Waals surface area (Å²) in [6, 6.07) is 0. The van der Waals surface area contributed by atoms with E-state index in [-0.39, 0.29) is 79.2 Å². The molecule has 0 atom stereocenters. The SMILES string of the molecule is O=P(O)(OCCO)OCCO.[H-].[K+]. The average Bonchev–Trinajstić information content (AvgIpc) is 1.97. The molecule has 0 aliphatic carbocycles.